The Morgan fingerprint density at radius 3 is 2.32 bits per heavy atom. The summed E-state index contributed by atoms with van der Waals surface area (Å²) in [5, 5.41) is 7.62. The van der Waals surface area contributed by atoms with Crippen LogP contribution in [-0.4, -0.2) is 36.9 Å². The van der Waals surface area contributed by atoms with Crippen LogP contribution in [-0.2, 0) is 9.59 Å². The number of amides is 3. The van der Waals surface area contributed by atoms with Gasteiger partial charge in [-0.1, -0.05) is 31.2 Å². The average molecular weight is 522 g/mol. The van der Waals surface area contributed by atoms with Gasteiger partial charge in [-0.25, -0.2) is 0 Å². The van der Waals surface area contributed by atoms with Gasteiger partial charge in [0.05, 0.1) is 18.5 Å². The molecule has 0 saturated carbocycles. The summed E-state index contributed by atoms with van der Waals surface area (Å²) in [6, 6.07) is 15.4. The normalized spacial score (nSPS) is 11.9. The zero-order valence-electron chi connectivity index (χ0n) is 22.3. The summed E-state index contributed by atoms with van der Waals surface area (Å²) in [5.74, 6) is -0.494. The lowest BCUT2D eigenvalue weighted by Gasteiger charge is -2.35. The summed E-state index contributed by atoms with van der Waals surface area (Å²) < 4.78 is 5.42. The first-order chi connectivity index (χ1) is 17.5. The molecule has 7 nitrogen and oxygen atoms in total. The van der Waals surface area contributed by atoms with E-state index < -0.39 is 17.5 Å². The molecule has 2 aromatic carbocycles. The van der Waals surface area contributed by atoms with Crippen molar-refractivity contribution in [2.45, 2.75) is 52.6 Å². The highest BCUT2D eigenvalue weighted by molar-refractivity contribution is 7.12. The Morgan fingerprint density at radius 2 is 1.73 bits per heavy atom. The van der Waals surface area contributed by atoms with E-state index in [-0.39, 0.29) is 18.4 Å². The van der Waals surface area contributed by atoms with E-state index in [1.807, 2.05) is 52.8 Å². The first-order valence-corrected chi connectivity index (χ1v) is 13.1. The summed E-state index contributed by atoms with van der Waals surface area (Å²) >= 11 is 1.30. The topological polar surface area (TPSA) is 87.7 Å². The zero-order valence-corrected chi connectivity index (χ0v) is 23.1. The van der Waals surface area contributed by atoms with Gasteiger partial charge in [0.25, 0.3) is 5.91 Å². The first-order valence-electron chi connectivity index (χ1n) is 12.2. The van der Waals surface area contributed by atoms with E-state index in [1.54, 1.807) is 48.9 Å². The fraction of sp³-hybridized carbons (Fsp3) is 0.345. The molecular weight excluding hydrogens is 486 g/mol. The van der Waals surface area contributed by atoms with Gasteiger partial charge in [0, 0.05) is 11.2 Å². The molecule has 1 aromatic heterocycles. The van der Waals surface area contributed by atoms with Crippen molar-refractivity contribution in [3.8, 4) is 5.75 Å². The highest BCUT2D eigenvalue weighted by Gasteiger charge is 2.35. The molecule has 1 heterocycles. The molecule has 0 aliphatic carbocycles. The molecule has 0 aliphatic heterocycles. The SMILES string of the molecule is CCC(C)(C)NC(=O)[C@H](c1cccc(OC)c1)N(C(=O)CNC(=O)c1cccs1)c1cc(C)cc(C)c1. The number of carbonyl (C=O) groups is 3. The molecule has 2 N–H and O–H groups in total. The van der Waals surface area contributed by atoms with Gasteiger partial charge in [0.15, 0.2) is 0 Å². The maximum atomic E-state index is 13.9. The Labute approximate surface area is 222 Å². The molecule has 0 fully saturated rings. The number of carbonyl (C=O) groups excluding carboxylic acids is 3. The van der Waals surface area contributed by atoms with Crippen molar-refractivity contribution >= 4 is 34.7 Å². The molecule has 3 rings (SSSR count). The predicted octanol–water partition coefficient (Wildman–Crippen LogP) is 5.18. The maximum Gasteiger partial charge on any atom is 0.261 e. The van der Waals surface area contributed by atoms with Crippen molar-refractivity contribution in [3.63, 3.8) is 0 Å². The molecule has 196 valence electrons. The molecule has 8 heteroatoms. The number of nitrogens with one attached hydrogen (secondary N) is 2. The van der Waals surface area contributed by atoms with E-state index in [2.05, 4.69) is 10.6 Å². The molecule has 3 aromatic rings. The van der Waals surface area contributed by atoms with Gasteiger partial charge in [-0.15, -0.1) is 11.3 Å². The van der Waals surface area contributed by atoms with E-state index in [0.29, 0.717) is 28.3 Å². The summed E-state index contributed by atoms with van der Waals surface area (Å²) in [5.41, 5.74) is 2.59. The van der Waals surface area contributed by atoms with Crippen molar-refractivity contribution in [1.82, 2.24) is 10.6 Å². The fourth-order valence-corrected chi connectivity index (χ4v) is 4.62. The van der Waals surface area contributed by atoms with Crippen LogP contribution in [0.3, 0.4) is 0 Å². The van der Waals surface area contributed by atoms with Crippen molar-refractivity contribution in [1.29, 1.82) is 0 Å². The second-order valence-electron chi connectivity index (χ2n) is 9.68. The maximum absolute atomic E-state index is 13.9. The smallest absolute Gasteiger partial charge is 0.261 e. The minimum absolute atomic E-state index is 0.269. The Kier molecular flexibility index (Phi) is 9.10. The molecule has 0 radical (unpaired) electrons. The third-order valence-corrected chi connectivity index (χ3v) is 7.03. The lowest BCUT2D eigenvalue weighted by Crippen LogP contribution is -2.52. The van der Waals surface area contributed by atoms with Crippen molar-refractivity contribution < 1.29 is 19.1 Å². The highest BCUT2D eigenvalue weighted by Crippen LogP contribution is 2.32. The number of anilines is 1. The lowest BCUT2D eigenvalue weighted by molar-refractivity contribution is -0.127. The zero-order chi connectivity index (χ0) is 27.2. The van der Waals surface area contributed by atoms with E-state index in [4.69, 9.17) is 4.74 Å². The van der Waals surface area contributed by atoms with Crippen LogP contribution in [0.1, 0.15) is 59.6 Å². The first kappa shape index (κ1) is 27.9. The van der Waals surface area contributed by atoms with E-state index in [9.17, 15) is 14.4 Å². The summed E-state index contributed by atoms with van der Waals surface area (Å²) in [4.78, 5) is 42.3. The van der Waals surface area contributed by atoms with Crippen LogP contribution in [0.15, 0.2) is 60.0 Å². The number of aryl methyl sites for hydroxylation is 2. The number of rotatable bonds is 10. The van der Waals surface area contributed by atoms with Crippen LogP contribution < -0.4 is 20.3 Å². The van der Waals surface area contributed by atoms with Crippen LogP contribution in [0.25, 0.3) is 0 Å². The standard InChI is InChI=1S/C29H35N3O4S/c1-7-29(4,5)31-28(35)26(21-10-8-11-23(17-21)36-6)32(22-15-19(2)14-20(3)16-22)25(33)18-30-27(34)24-12-9-13-37-24/h8-17,26H,7,18H2,1-6H3,(H,30,34)(H,31,35)/t26-/m0/s1. The third-order valence-electron chi connectivity index (χ3n) is 6.16. The highest BCUT2D eigenvalue weighted by atomic mass is 32.1. The second-order valence-corrected chi connectivity index (χ2v) is 10.6. The van der Waals surface area contributed by atoms with Gasteiger partial charge in [-0.2, -0.15) is 0 Å². The largest absolute Gasteiger partial charge is 0.497 e. The van der Waals surface area contributed by atoms with Gasteiger partial charge in [0.1, 0.15) is 11.8 Å². The number of thiophene rings is 1. The lowest BCUT2D eigenvalue weighted by atomic mass is 9.97. The minimum Gasteiger partial charge on any atom is -0.497 e. The molecule has 0 unspecified atom stereocenters. The molecule has 0 spiro atoms. The average Bonchev–Trinajstić information content (AvgIpc) is 3.40. The van der Waals surface area contributed by atoms with Crippen LogP contribution in [0.4, 0.5) is 5.69 Å². The molecule has 0 bridgehead atoms. The number of ether oxygens (including phenoxy) is 1. The predicted molar refractivity (Wildman–Crippen MR) is 148 cm³/mol. The Balaban J connectivity index is 2.10. The van der Waals surface area contributed by atoms with Crippen molar-refractivity contribution in [3.05, 3.63) is 81.5 Å². The number of benzene rings is 2. The summed E-state index contributed by atoms with van der Waals surface area (Å²) in [7, 11) is 1.56. The van der Waals surface area contributed by atoms with E-state index >= 15 is 0 Å². The number of hydrogen-bond acceptors (Lipinski definition) is 5. The van der Waals surface area contributed by atoms with Crippen LogP contribution in [0.5, 0.6) is 5.75 Å². The van der Waals surface area contributed by atoms with E-state index in [1.165, 1.54) is 16.2 Å². The summed E-state index contributed by atoms with van der Waals surface area (Å²) in [6.07, 6.45) is 0.706. The summed E-state index contributed by atoms with van der Waals surface area (Å²) in [6.45, 7) is 9.50. The number of hydrogen-bond donors (Lipinski definition) is 2. The number of methoxy groups -OCH3 is 1. The van der Waals surface area contributed by atoms with Crippen LogP contribution in [0, 0.1) is 13.8 Å². The quantitative estimate of drug-likeness (QED) is 0.385. The van der Waals surface area contributed by atoms with Gasteiger partial charge in [-0.3, -0.25) is 19.3 Å². The van der Waals surface area contributed by atoms with Gasteiger partial charge >= 0.3 is 0 Å². The van der Waals surface area contributed by atoms with Crippen LogP contribution >= 0.6 is 11.3 Å². The fourth-order valence-electron chi connectivity index (χ4n) is 3.98. The molecule has 37 heavy (non-hydrogen) atoms. The number of nitrogens with zero attached hydrogens (tertiary/aromatic N) is 1. The van der Waals surface area contributed by atoms with Gasteiger partial charge in [-0.05, 0) is 86.5 Å². The Hall–Kier alpha value is -3.65. The molecular formula is C29H35N3O4S. The third kappa shape index (κ3) is 7.20. The molecule has 0 aliphatic rings. The minimum atomic E-state index is -0.992. The second kappa shape index (κ2) is 12.1. The van der Waals surface area contributed by atoms with Gasteiger partial charge < -0.3 is 15.4 Å². The molecule has 1 atom stereocenters. The molecule has 0 saturated heterocycles. The van der Waals surface area contributed by atoms with Crippen molar-refractivity contribution in [2.75, 3.05) is 18.6 Å². The van der Waals surface area contributed by atoms with Gasteiger partial charge in [0.2, 0.25) is 11.8 Å². The monoisotopic (exact) mass is 521 g/mol. The molecule has 3 amide bonds. The van der Waals surface area contributed by atoms with Crippen LogP contribution in [0.2, 0.25) is 0 Å². The Bertz CT molecular complexity index is 1230. The van der Waals surface area contributed by atoms with Crippen molar-refractivity contribution in [2.24, 2.45) is 0 Å². The Morgan fingerprint density at radius 1 is 1.03 bits per heavy atom. The van der Waals surface area contributed by atoms with E-state index in [0.717, 1.165) is 11.1 Å².